The quantitative estimate of drug-likeness (QED) is 0.806. The molecule has 0 saturated carbocycles. The van der Waals surface area contributed by atoms with Gasteiger partial charge in [0.2, 0.25) is 5.90 Å². The van der Waals surface area contributed by atoms with Crippen LogP contribution in [-0.2, 0) is 9.53 Å². The van der Waals surface area contributed by atoms with Gasteiger partial charge in [0.15, 0.2) is 6.04 Å². The van der Waals surface area contributed by atoms with E-state index in [0.29, 0.717) is 27.6 Å². The first-order valence-corrected chi connectivity index (χ1v) is 7.27. The van der Waals surface area contributed by atoms with Crippen molar-refractivity contribution in [2.24, 2.45) is 4.99 Å². The van der Waals surface area contributed by atoms with Crippen molar-refractivity contribution in [2.75, 3.05) is 14.2 Å². The van der Waals surface area contributed by atoms with E-state index >= 15 is 0 Å². The van der Waals surface area contributed by atoms with Crippen molar-refractivity contribution in [3.63, 3.8) is 0 Å². The molecule has 0 aromatic heterocycles. The Bertz CT molecular complexity index is 766. The molecule has 1 atom stereocenters. The lowest BCUT2D eigenvalue weighted by Crippen LogP contribution is -2.09. The summed E-state index contributed by atoms with van der Waals surface area (Å²) in [5.41, 5.74) is 1.22. The van der Waals surface area contributed by atoms with Gasteiger partial charge in [-0.05, 0) is 18.2 Å². The molecular weight excluding hydrogens is 318 g/mol. The van der Waals surface area contributed by atoms with Gasteiger partial charge in [0.05, 0.1) is 14.2 Å². The Morgan fingerprint density at radius 1 is 1.09 bits per heavy atom. The number of aliphatic imine (C=N–C) groups is 1. The van der Waals surface area contributed by atoms with Crippen molar-refractivity contribution in [1.29, 1.82) is 0 Å². The van der Waals surface area contributed by atoms with Gasteiger partial charge >= 0.3 is 5.97 Å². The highest BCUT2D eigenvalue weighted by molar-refractivity contribution is 6.31. The van der Waals surface area contributed by atoms with Crippen LogP contribution < -0.4 is 9.47 Å². The summed E-state index contributed by atoms with van der Waals surface area (Å²) in [6.07, 6.45) is 0. The van der Waals surface area contributed by atoms with Crippen LogP contribution in [0.15, 0.2) is 47.5 Å². The van der Waals surface area contributed by atoms with Gasteiger partial charge in [-0.2, -0.15) is 0 Å². The number of esters is 1. The Morgan fingerprint density at radius 2 is 1.74 bits per heavy atom. The van der Waals surface area contributed by atoms with Crippen molar-refractivity contribution < 1.29 is 19.0 Å². The molecular formula is C17H14ClNO4. The Kier molecular flexibility index (Phi) is 4.21. The van der Waals surface area contributed by atoms with Crippen LogP contribution in [0.4, 0.5) is 0 Å². The van der Waals surface area contributed by atoms with Gasteiger partial charge in [0.25, 0.3) is 0 Å². The number of carbonyl (C=O) groups is 1. The predicted molar refractivity (Wildman–Crippen MR) is 86.4 cm³/mol. The topological polar surface area (TPSA) is 57.1 Å². The van der Waals surface area contributed by atoms with Crippen molar-refractivity contribution >= 4 is 23.5 Å². The molecule has 0 fully saturated rings. The smallest absolute Gasteiger partial charge is 0.342 e. The average Bonchev–Trinajstić information content (AvgIpc) is 2.96. The number of methoxy groups -OCH3 is 2. The van der Waals surface area contributed by atoms with Crippen molar-refractivity contribution in [3.05, 3.63) is 58.6 Å². The second-order valence-corrected chi connectivity index (χ2v) is 5.29. The van der Waals surface area contributed by atoms with E-state index in [1.165, 1.54) is 0 Å². The first kappa shape index (κ1) is 15.4. The normalized spacial score (nSPS) is 16.7. The Hall–Kier alpha value is -2.53. The molecule has 0 spiro atoms. The highest BCUT2D eigenvalue weighted by atomic mass is 35.5. The second-order valence-electron chi connectivity index (χ2n) is 4.88. The summed E-state index contributed by atoms with van der Waals surface area (Å²) >= 11 is 6.14. The fraction of sp³-hybridized carbons (Fsp3) is 0.176. The molecule has 0 saturated heterocycles. The third-order valence-corrected chi connectivity index (χ3v) is 3.81. The molecule has 118 valence electrons. The number of carbonyl (C=O) groups excluding carboxylic acids is 1. The van der Waals surface area contributed by atoms with Crippen LogP contribution in [0.1, 0.15) is 17.2 Å². The molecule has 2 aromatic rings. The van der Waals surface area contributed by atoms with Gasteiger partial charge in [-0.3, -0.25) is 0 Å². The highest BCUT2D eigenvalue weighted by Gasteiger charge is 2.32. The minimum Gasteiger partial charge on any atom is -0.497 e. The summed E-state index contributed by atoms with van der Waals surface area (Å²) in [4.78, 5) is 16.5. The fourth-order valence-electron chi connectivity index (χ4n) is 2.31. The molecule has 5 nitrogen and oxygen atoms in total. The molecule has 0 bridgehead atoms. The lowest BCUT2D eigenvalue weighted by molar-refractivity contribution is -0.135. The summed E-state index contributed by atoms with van der Waals surface area (Å²) < 4.78 is 15.7. The number of hydrogen-bond donors (Lipinski definition) is 0. The fourth-order valence-corrected chi connectivity index (χ4v) is 2.54. The predicted octanol–water partition coefficient (Wildman–Crippen LogP) is 3.40. The van der Waals surface area contributed by atoms with Gasteiger partial charge in [0.1, 0.15) is 11.5 Å². The summed E-state index contributed by atoms with van der Waals surface area (Å²) in [5, 5.41) is 0.475. The van der Waals surface area contributed by atoms with Gasteiger partial charge in [-0.25, -0.2) is 9.79 Å². The van der Waals surface area contributed by atoms with E-state index in [9.17, 15) is 4.79 Å². The van der Waals surface area contributed by atoms with Crippen LogP contribution in [0.5, 0.6) is 11.5 Å². The van der Waals surface area contributed by atoms with Crippen molar-refractivity contribution in [2.45, 2.75) is 6.04 Å². The van der Waals surface area contributed by atoms with E-state index in [0.717, 1.165) is 0 Å². The van der Waals surface area contributed by atoms with Crippen LogP contribution >= 0.6 is 11.6 Å². The van der Waals surface area contributed by atoms with Gasteiger partial charge < -0.3 is 14.2 Å². The molecule has 0 radical (unpaired) electrons. The van der Waals surface area contributed by atoms with Crippen LogP contribution in [0.3, 0.4) is 0 Å². The van der Waals surface area contributed by atoms with E-state index in [1.54, 1.807) is 56.7 Å². The monoisotopic (exact) mass is 331 g/mol. The first-order valence-electron chi connectivity index (χ1n) is 6.89. The maximum atomic E-state index is 12.2. The Morgan fingerprint density at radius 3 is 2.35 bits per heavy atom. The van der Waals surface area contributed by atoms with Gasteiger partial charge in [0, 0.05) is 22.2 Å². The third-order valence-electron chi connectivity index (χ3n) is 3.47. The molecule has 0 amide bonds. The molecule has 1 heterocycles. The lowest BCUT2D eigenvalue weighted by Gasteiger charge is -2.07. The number of halogens is 1. The van der Waals surface area contributed by atoms with E-state index in [4.69, 9.17) is 25.8 Å². The van der Waals surface area contributed by atoms with Gasteiger partial charge in [-0.1, -0.05) is 29.8 Å². The number of ether oxygens (including phenoxy) is 3. The van der Waals surface area contributed by atoms with Crippen LogP contribution in [0.25, 0.3) is 0 Å². The number of hydrogen-bond acceptors (Lipinski definition) is 5. The SMILES string of the molecule is COc1cc(OC)cc(C2=N[C@@H](c3ccccc3Cl)C(=O)O2)c1. The zero-order chi connectivity index (χ0) is 16.4. The molecule has 0 unspecified atom stereocenters. The second kappa shape index (κ2) is 6.30. The van der Waals surface area contributed by atoms with E-state index in [-0.39, 0.29) is 5.90 Å². The number of benzene rings is 2. The zero-order valence-electron chi connectivity index (χ0n) is 12.6. The largest absolute Gasteiger partial charge is 0.497 e. The van der Waals surface area contributed by atoms with Crippen LogP contribution in [0.2, 0.25) is 5.02 Å². The van der Waals surface area contributed by atoms with Crippen LogP contribution in [0, 0.1) is 0 Å². The molecule has 2 aromatic carbocycles. The standard InChI is InChI=1S/C17H14ClNO4/c1-21-11-7-10(8-12(9-11)22-2)16-19-15(17(20)23-16)13-5-3-4-6-14(13)18/h3-9,15H,1-2H3/t15-/m0/s1. The van der Waals surface area contributed by atoms with E-state index in [2.05, 4.69) is 4.99 Å². The van der Waals surface area contributed by atoms with Crippen molar-refractivity contribution in [1.82, 2.24) is 0 Å². The summed E-state index contributed by atoms with van der Waals surface area (Å²) in [6.45, 7) is 0. The molecule has 1 aliphatic rings. The third kappa shape index (κ3) is 3.00. The average molecular weight is 332 g/mol. The molecule has 1 aliphatic heterocycles. The first-order chi connectivity index (χ1) is 11.1. The van der Waals surface area contributed by atoms with E-state index in [1.807, 2.05) is 0 Å². The Balaban J connectivity index is 2.00. The maximum absolute atomic E-state index is 12.2. The maximum Gasteiger partial charge on any atom is 0.342 e. The summed E-state index contributed by atoms with van der Waals surface area (Å²) in [5.74, 6) is 0.922. The highest BCUT2D eigenvalue weighted by Crippen LogP contribution is 2.32. The van der Waals surface area contributed by atoms with E-state index < -0.39 is 12.0 Å². The number of rotatable bonds is 4. The van der Waals surface area contributed by atoms with Gasteiger partial charge in [-0.15, -0.1) is 0 Å². The molecule has 23 heavy (non-hydrogen) atoms. The van der Waals surface area contributed by atoms with Crippen LogP contribution in [-0.4, -0.2) is 26.1 Å². The summed E-state index contributed by atoms with van der Waals surface area (Å²) in [6, 6.07) is 11.5. The lowest BCUT2D eigenvalue weighted by atomic mass is 10.1. The Labute approximate surface area is 138 Å². The zero-order valence-corrected chi connectivity index (χ0v) is 13.3. The minimum atomic E-state index is -0.768. The minimum absolute atomic E-state index is 0.220. The molecule has 0 N–H and O–H groups in total. The molecule has 3 rings (SSSR count). The number of nitrogens with zero attached hydrogens (tertiary/aromatic N) is 1. The number of cyclic esters (lactones) is 1. The molecule has 6 heteroatoms. The molecule has 0 aliphatic carbocycles. The summed E-state index contributed by atoms with van der Waals surface area (Å²) in [7, 11) is 3.10. The van der Waals surface area contributed by atoms with Crippen molar-refractivity contribution in [3.8, 4) is 11.5 Å².